The van der Waals surface area contributed by atoms with E-state index < -0.39 is 0 Å². The first-order chi connectivity index (χ1) is 5.16. The van der Waals surface area contributed by atoms with Gasteiger partial charge in [-0.05, 0) is 46.4 Å². The molecule has 0 spiro atoms. The molecule has 0 aliphatic rings. The zero-order valence-electron chi connectivity index (χ0n) is 7.58. The molecule has 0 aromatic carbocycles. The van der Waals surface area contributed by atoms with E-state index in [2.05, 4.69) is 4.90 Å². The zero-order valence-corrected chi connectivity index (χ0v) is 7.58. The number of aliphatic hydroxyl groups excluding tert-OH is 1. The highest BCUT2D eigenvalue weighted by Gasteiger charge is 2.02. The standard InChI is InChI=1S/C8H20N2O/c1-10(2)7-5-8(11)4-3-6-9/h8,11H,3-7,9H2,1-2H3. The third kappa shape index (κ3) is 7.78. The summed E-state index contributed by atoms with van der Waals surface area (Å²) in [5, 5.41) is 9.35. The van der Waals surface area contributed by atoms with Gasteiger partial charge >= 0.3 is 0 Å². The number of nitrogens with two attached hydrogens (primary N) is 1. The van der Waals surface area contributed by atoms with E-state index in [0.717, 1.165) is 25.8 Å². The van der Waals surface area contributed by atoms with Gasteiger partial charge in [0.1, 0.15) is 0 Å². The Morgan fingerprint density at radius 2 is 2.00 bits per heavy atom. The average Bonchev–Trinajstić information content (AvgIpc) is 1.97. The summed E-state index contributed by atoms with van der Waals surface area (Å²) >= 11 is 0. The highest BCUT2D eigenvalue weighted by atomic mass is 16.3. The van der Waals surface area contributed by atoms with Crippen LogP contribution in [0.5, 0.6) is 0 Å². The van der Waals surface area contributed by atoms with Gasteiger partial charge in [-0.2, -0.15) is 0 Å². The van der Waals surface area contributed by atoms with E-state index in [-0.39, 0.29) is 6.10 Å². The fourth-order valence-corrected chi connectivity index (χ4v) is 0.905. The summed E-state index contributed by atoms with van der Waals surface area (Å²) < 4.78 is 0. The van der Waals surface area contributed by atoms with Crippen LogP contribution in [0.3, 0.4) is 0 Å². The first-order valence-electron chi connectivity index (χ1n) is 4.19. The van der Waals surface area contributed by atoms with Crippen LogP contribution in [0.4, 0.5) is 0 Å². The molecule has 1 unspecified atom stereocenters. The molecule has 0 heterocycles. The third-order valence-corrected chi connectivity index (χ3v) is 1.65. The molecule has 3 nitrogen and oxygen atoms in total. The van der Waals surface area contributed by atoms with E-state index in [4.69, 9.17) is 5.73 Å². The smallest absolute Gasteiger partial charge is 0.0552 e. The molecule has 1 atom stereocenters. The van der Waals surface area contributed by atoms with Gasteiger partial charge < -0.3 is 15.7 Å². The Morgan fingerprint density at radius 3 is 2.45 bits per heavy atom. The van der Waals surface area contributed by atoms with E-state index in [1.54, 1.807) is 0 Å². The van der Waals surface area contributed by atoms with Crippen LogP contribution in [-0.2, 0) is 0 Å². The normalized spacial score (nSPS) is 13.9. The first-order valence-corrected chi connectivity index (χ1v) is 4.19. The second kappa shape index (κ2) is 6.58. The number of aliphatic hydroxyl groups is 1. The molecule has 3 N–H and O–H groups in total. The zero-order chi connectivity index (χ0) is 8.69. The molecular weight excluding hydrogens is 140 g/mol. The average molecular weight is 160 g/mol. The molecular formula is C8H20N2O. The summed E-state index contributed by atoms with van der Waals surface area (Å²) in [5.74, 6) is 0. The Bertz CT molecular complexity index is 86.2. The lowest BCUT2D eigenvalue weighted by atomic mass is 10.1. The topological polar surface area (TPSA) is 49.5 Å². The van der Waals surface area contributed by atoms with Gasteiger partial charge in [-0.25, -0.2) is 0 Å². The Balaban J connectivity index is 3.15. The largest absolute Gasteiger partial charge is 0.393 e. The summed E-state index contributed by atoms with van der Waals surface area (Å²) in [6.07, 6.45) is 2.45. The molecule has 0 aromatic heterocycles. The minimum Gasteiger partial charge on any atom is -0.393 e. The van der Waals surface area contributed by atoms with Crippen molar-refractivity contribution in [2.75, 3.05) is 27.2 Å². The van der Waals surface area contributed by atoms with Gasteiger partial charge in [-0.1, -0.05) is 0 Å². The van der Waals surface area contributed by atoms with E-state index in [1.165, 1.54) is 0 Å². The molecule has 68 valence electrons. The van der Waals surface area contributed by atoms with Crippen LogP contribution < -0.4 is 5.73 Å². The highest BCUT2D eigenvalue weighted by Crippen LogP contribution is 2.00. The Kier molecular flexibility index (Phi) is 6.51. The lowest BCUT2D eigenvalue weighted by molar-refractivity contribution is 0.141. The number of hydrogen-bond acceptors (Lipinski definition) is 3. The molecule has 0 rings (SSSR count). The van der Waals surface area contributed by atoms with E-state index in [0.29, 0.717) is 6.54 Å². The minimum absolute atomic E-state index is 0.166. The summed E-state index contributed by atoms with van der Waals surface area (Å²) in [6.45, 7) is 1.63. The van der Waals surface area contributed by atoms with Crippen molar-refractivity contribution in [2.24, 2.45) is 5.73 Å². The van der Waals surface area contributed by atoms with Crippen molar-refractivity contribution < 1.29 is 5.11 Å². The highest BCUT2D eigenvalue weighted by molar-refractivity contribution is 4.57. The predicted octanol–water partition coefficient (Wildman–Crippen LogP) is 0.0379. The number of nitrogens with zero attached hydrogens (tertiary/aromatic N) is 1. The Labute approximate surface area is 69.2 Å². The van der Waals surface area contributed by atoms with Crippen LogP contribution in [-0.4, -0.2) is 43.3 Å². The molecule has 0 bridgehead atoms. The van der Waals surface area contributed by atoms with Crippen molar-refractivity contribution in [2.45, 2.75) is 25.4 Å². The Hall–Kier alpha value is -0.120. The summed E-state index contributed by atoms with van der Waals surface area (Å²) in [7, 11) is 4.02. The molecule has 11 heavy (non-hydrogen) atoms. The summed E-state index contributed by atoms with van der Waals surface area (Å²) in [6, 6.07) is 0. The van der Waals surface area contributed by atoms with Crippen LogP contribution in [0.1, 0.15) is 19.3 Å². The lowest BCUT2D eigenvalue weighted by Crippen LogP contribution is -2.19. The molecule has 0 radical (unpaired) electrons. The van der Waals surface area contributed by atoms with Gasteiger partial charge in [0.2, 0.25) is 0 Å². The van der Waals surface area contributed by atoms with Crippen molar-refractivity contribution >= 4 is 0 Å². The van der Waals surface area contributed by atoms with E-state index in [1.807, 2.05) is 14.1 Å². The summed E-state index contributed by atoms with van der Waals surface area (Å²) in [4.78, 5) is 2.08. The van der Waals surface area contributed by atoms with E-state index >= 15 is 0 Å². The quantitative estimate of drug-likeness (QED) is 0.576. The third-order valence-electron chi connectivity index (χ3n) is 1.65. The molecule has 0 saturated heterocycles. The van der Waals surface area contributed by atoms with Crippen molar-refractivity contribution in [3.63, 3.8) is 0 Å². The predicted molar refractivity (Wildman–Crippen MR) is 47.5 cm³/mol. The first kappa shape index (κ1) is 10.9. The van der Waals surface area contributed by atoms with Crippen LogP contribution >= 0.6 is 0 Å². The van der Waals surface area contributed by atoms with Gasteiger partial charge in [-0.3, -0.25) is 0 Å². The fourth-order valence-electron chi connectivity index (χ4n) is 0.905. The van der Waals surface area contributed by atoms with Gasteiger partial charge in [-0.15, -0.1) is 0 Å². The van der Waals surface area contributed by atoms with Crippen molar-refractivity contribution in [3.05, 3.63) is 0 Å². The molecule has 0 saturated carbocycles. The second-order valence-corrected chi connectivity index (χ2v) is 3.18. The minimum atomic E-state index is -0.166. The monoisotopic (exact) mass is 160 g/mol. The SMILES string of the molecule is CN(C)CCC(O)CCCN. The van der Waals surface area contributed by atoms with Gasteiger partial charge in [0, 0.05) is 0 Å². The maximum Gasteiger partial charge on any atom is 0.0552 e. The van der Waals surface area contributed by atoms with E-state index in [9.17, 15) is 5.11 Å². The molecule has 0 amide bonds. The van der Waals surface area contributed by atoms with Crippen molar-refractivity contribution in [3.8, 4) is 0 Å². The van der Waals surface area contributed by atoms with Crippen LogP contribution in [0.15, 0.2) is 0 Å². The lowest BCUT2D eigenvalue weighted by Gasteiger charge is -2.13. The van der Waals surface area contributed by atoms with Crippen LogP contribution in [0, 0.1) is 0 Å². The summed E-state index contributed by atoms with van der Waals surface area (Å²) in [5.41, 5.74) is 5.31. The molecule has 0 aliphatic carbocycles. The molecule has 0 aliphatic heterocycles. The molecule has 0 aromatic rings. The Morgan fingerprint density at radius 1 is 1.36 bits per heavy atom. The number of hydrogen-bond donors (Lipinski definition) is 2. The van der Waals surface area contributed by atoms with Gasteiger partial charge in [0.15, 0.2) is 0 Å². The molecule has 3 heteroatoms. The maximum atomic E-state index is 9.35. The van der Waals surface area contributed by atoms with Gasteiger partial charge in [0.05, 0.1) is 6.10 Å². The van der Waals surface area contributed by atoms with Crippen LogP contribution in [0.2, 0.25) is 0 Å². The second-order valence-electron chi connectivity index (χ2n) is 3.18. The maximum absolute atomic E-state index is 9.35. The van der Waals surface area contributed by atoms with Gasteiger partial charge in [0.25, 0.3) is 0 Å². The van der Waals surface area contributed by atoms with Crippen molar-refractivity contribution in [1.29, 1.82) is 0 Å². The van der Waals surface area contributed by atoms with Crippen LogP contribution in [0.25, 0.3) is 0 Å². The molecule has 0 fully saturated rings. The van der Waals surface area contributed by atoms with Crippen molar-refractivity contribution in [1.82, 2.24) is 4.90 Å². The number of rotatable bonds is 6. The fraction of sp³-hybridized carbons (Fsp3) is 1.00.